The molecule has 1 aliphatic carbocycles. The Morgan fingerprint density at radius 1 is 1.29 bits per heavy atom. The molecule has 2 saturated heterocycles. The van der Waals surface area contributed by atoms with Crippen LogP contribution in [0.15, 0.2) is 35.4 Å². The predicted molar refractivity (Wildman–Crippen MR) is 129 cm³/mol. The normalized spacial score (nSPS) is 22.0. The van der Waals surface area contributed by atoms with Crippen LogP contribution in [0, 0.1) is 0 Å². The largest absolute Gasteiger partial charge is 0.378 e. The van der Waals surface area contributed by atoms with E-state index >= 15 is 0 Å². The molecule has 5 heterocycles. The first-order valence-electron chi connectivity index (χ1n) is 11.9. The Balaban J connectivity index is 1.30. The minimum Gasteiger partial charge on any atom is -0.378 e. The highest BCUT2D eigenvalue weighted by molar-refractivity contribution is 6.00. The Hall–Kier alpha value is -3.64. The summed E-state index contributed by atoms with van der Waals surface area (Å²) in [7, 11) is 1.76. The first kappa shape index (κ1) is 21.9. The number of hydrogen-bond donors (Lipinski definition) is 3. The summed E-state index contributed by atoms with van der Waals surface area (Å²) in [4.78, 5) is 30.7. The molecule has 1 atom stereocenters. The molecule has 1 saturated carbocycles. The molecule has 12 nitrogen and oxygen atoms in total. The van der Waals surface area contributed by atoms with E-state index in [0.717, 1.165) is 19.3 Å². The van der Waals surface area contributed by atoms with Crippen LogP contribution in [0.1, 0.15) is 29.6 Å². The zero-order valence-corrected chi connectivity index (χ0v) is 19.5. The summed E-state index contributed by atoms with van der Waals surface area (Å²) in [6, 6.07) is 5.51. The number of hydrogen-bond acceptors (Lipinski definition) is 9. The van der Waals surface area contributed by atoms with E-state index in [1.165, 1.54) is 6.20 Å². The standard InChI is InChI=1S/C23H28N8O4/c1-24-19-11-18(28-20-16(12-25-31(19)20)21(32)26-15-4-5-15)27-17-3-2-7-30(22(17)33)29-8-10-35-23(13-29)6-9-34-14-23/h2-3,7,11-12,15,24H,4-6,8-10,13-14H2,1H3,(H,26,32)(H,27,28). The summed E-state index contributed by atoms with van der Waals surface area (Å²) < 4.78 is 14.8. The number of nitrogens with zero attached hydrogens (tertiary/aromatic N) is 5. The molecule has 3 aromatic heterocycles. The number of nitrogens with one attached hydrogen (secondary N) is 3. The SMILES string of the molecule is CNc1cc(Nc2cccn(N3CCOC4(CCOC4)C3)c2=O)nc2c(C(=O)NC3CC3)cnn12. The second-order valence-electron chi connectivity index (χ2n) is 9.24. The predicted octanol–water partition coefficient (Wildman–Crippen LogP) is 0.696. The van der Waals surface area contributed by atoms with Gasteiger partial charge in [0.25, 0.3) is 11.5 Å². The first-order chi connectivity index (χ1) is 17.0. The van der Waals surface area contributed by atoms with E-state index in [1.807, 2.05) is 11.1 Å². The Bertz CT molecular complexity index is 1320. The van der Waals surface area contributed by atoms with Gasteiger partial charge >= 0.3 is 0 Å². The molecule has 2 aliphatic heterocycles. The number of aromatic nitrogens is 4. The minimum absolute atomic E-state index is 0.198. The van der Waals surface area contributed by atoms with Crippen LogP contribution in [0.25, 0.3) is 5.65 Å². The number of carbonyl (C=O) groups is 1. The van der Waals surface area contributed by atoms with Crippen LogP contribution in [0.3, 0.4) is 0 Å². The number of morpholine rings is 1. The van der Waals surface area contributed by atoms with Gasteiger partial charge in [-0.15, -0.1) is 0 Å². The van der Waals surface area contributed by atoms with Crippen molar-refractivity contribution >= 4 is 28.9 Å². The van der Waals surface area contributed by atoms with Gasteiger partial charge in [0.15, 0.2) is 5.65 Å². The number of anilines is 3. The number of pyridine rings is 1. The van der Waals surface area contributed by atoms with Gasteiger partial charge in [0, 0.05) is 38.4 Å². The van der Waals surface area contributed by atoms with Gasteiger partial charge in [0.2, 0.25) is 0 Å². The average molecular weight is 481 g/mol. The topological polar surface area (TPSA) is 127 Å². The lowest BCUT2D eigenvalue weighted by Gasteiger charge is -2.40. The number of fused-ring (bicyclic) bond motifs is 1. The highest BCUT2D eigenvalue weighted by Gasteiger charge is 2.41. The van der Waals surface area contributed by atoms with E-state index in [4.69, 9.17) is 9.47 Å². The fourth-order valence-electron chi connectivity index (χ4n) is 4.63. The highest BCUT2D eigenvalue weighted by atomic mass is 16.6. The lowest BCUT2D eigenvalue weighted by Crippen LogP contribution is -2.58. The number of ether oxygens (including phenoxy) is 2. The summed E-state index contributed by atoms with van der Waals surface area (Å²) in [5, 5.41) is 15.5. The third kappa shape index (κ3) is 4.08. The van der Waals surface area contributed by atoms with Crippen molar-refractivity contribution in [2.24, 2.45) is 0 Å². The molecule has 3 N–H and O–H groups in total. The monoisotopic (exact) mass is 480 g/mol. The Morgan fingerprint density at radius 3 is 2.94 bits per heavy atom. The number of amides is 1. The van der Waals surface area contributed by atoms with E-state index < -0.39 is 0 Å². The molecule has 3 aliphatic rings. The maximum atomic E-state index is 13.4. The molecular formula is C23H28N8O4. The van der Waals surface area contributed by atoms with Gasteiger partial charge in [-0.2, -0.15) is 9.61 Å². The van der Waals surface area contributed by atoms with Crippen molar-refractivity contribution in [1.29, 1.82) is 0 Å². The molecule has 1 spiro atoms. The van der Waals surface area contributed by atoms with Crippen LogP contribution in [0.4, 0.5) is 17.3 Å². The van der Waals surface area contributed by atoms with E-state index in [0.29, 0.717) is 61.4 Å². The second-order valence-corrected chi connectivity index (χ2v) is 9.24. The van der Waals surface area contributed by atoms with E-state index in [2.05, 4.69) is 26.0 Å². The second kappa shape index (κ2) is 8.54. The average Bonchev–Trinajstić information content (AvgIpc) is 3.39. The molecule has 0 bridgehead atoms. The van der Waals surface area contributed by atoms with Crippen LogP contribution >= 0.6 is 0 Å². The summed E-state index contributed by atoms with van der Waals surface area (Å²) in [5.41, 5.74) is 0.606. The van der Waals surface area contributed by atoms with Crippen LogP contribution < -0.4 is 26.5 Å². The van der Waals surface area contributed by atoms with Crippen molar-refractivity contribution in [3.8, 4) is 0 Å². The number of carbonyl (C=O) groups excluding carboxylic acids is 1. The Labute approximate surface area is 201 Å². The van der Waals surface area contributed by atoms with Gasteiger partial charge in [-0.1, -0.05) is 0 Å². The van der Waals surface area contributed by atoms with E-state index in [9.17, 15) is 9.59 Å². The maximum absolute atomic E-state index is 13.4. The van der Waals surface area contributed by atoms with Gasteiger partial charge in [-0.3, -0.25) is 9.59 Å². The molecule has 35 heavy (non-hydrogen) atoms. The fraction of sp³-hybridized carbons (Fsp3) is 0.478. The zero-order chi connectivity index (χ0) is 24.0. The molecule has 3 aromatic rings. The first-order valence-corrected chi connectivity index (χ1v) is 11.9. The van der Waals surface area contributed by atoms with Crippen molar-refractivity contribution in [2.75, 3.05) is 55.6 Å². The zero-order valence-electron chi connectivity index (χ0n) is 19.5. The van der Waals surface area contributed by atoms with E-state index in [1.54, 1.807) is 34.6 Å². The van der Waals surface area contributed by atoms with Crippen molar-refractivity contribution in [1.82, 2.24) is 24.6 Å². The van der Waals surface area contributed by atoms with Crippen molar-refractivity contribution in [2.45, 2.75) is 30.9 Å². The molecule has 184 valence electrons. The van der Waals surface area contributed by atoms with Gasteiger partial charge < -0.3 is 30.4 Å². The Kier molecular flexibility index (Phi) is 5.33. The smallest absolute Gasteiger partial charge is 0.292 e. The molecule has 0 aromatic carbocycles. The summed E-state index contributed by atoms with van der Waals surface area (Å²) in [6.45, 7) is 2.93. The minimum atomic E-state index is -0.366. The van der Waals surface area contributed by atoms with Gasteiger partial charge in [-0.25, -0.2) is 9.66 Å². The molecule has 1 amide bonds. The molecule has 0 radical (unpaired) electrons. The Morgan fingerprint density at radius 2 is 2.17 bits per heavy atom. The van der Waals surface area contributed by atoms with Crippen LogP contribution in [0.5, 0.6) is 0 Å². The maximum Gasteiger partial charge on any atom is 0.292 e. The van der Waals surface area contributed by atoms with Crippen LogP contribution in [-0.4, -0.2) is 76.8 Å². The number of rotatable bonds is 6. The van der Waals surface area contributed by atoms with Crippen LogP contribution in [-0.2, 0) is 9.47 Å². The lowest BCUT2D eigenvalue weighted by molar-refractivity contribution is -0.0645. The molecule has 3 fully saturated rings. The summed E-state index contributed by atoms with van der Waals surface area (Å²) in [5.74, 6) is 0.865. The lowest BCUT2D eigenvalue weighted by atomic mass is 10.0. The van der Waals surface area contributed by atoms with Crippen molar-refractivity contribution in [3.05, 3.63) is 46.5 Å². The molecular weight excluding hydrogens is 452 g/mol. The van der Waals surface area contributed by atoms with Crippen molar-refractivity contribution < 1.29 is 14.3 Å². The van der Waals surface area contributed by atoms with Crippen LogP contribution in [0.2, 0.25) is 0 Å². The highest BCUT2D eigenvalue weighted by Crippen LogP contribution is 2.27. The fourth-order valence-corrected chi connectivity index (χ4v) is 4.63. The quantitative estimate of drug-likeness (QED) is 0.467. The van der Waals surface area contributed by atoms with Gasteiger partial charge in [0.1, 0.15) is 28.5 Å². The molecule has 1 unspecified atom stereocenters. The van der Waals surface area contributed by atoms with Gasteiger partial charge in [0.05, 0.1) is 32.5 Å². The summed E-state index contributed by atoms with van der Waals surface area (Å²) in [6.07, 6.45) is 6.07. The van der Waals surface area contributed by atoms with Gasteiger partial charge in [-0.05, 0) is 25.0 Å². The third-order valence-corrected chi connectivity index (χ3v) is 6.68. The molecule has 12 heteroatoms. The third-order valence-electron chi connectivity index (χ3n) is 6.68. The van der Waals surface area contributed by atoms with Crippen molar-refractivity contribution in [3.63, 3.8) is 0 Å². The van der Waals surface area contributed by atoms with E-state index in [-0.39, 0.29) is 23.1 Å². The molecule has 6 rings (SSSR count). The summed E-state index contributed by atoms with van der Waals surface area (Å²) >= 11 is 0.